The highest BCUT2D eigenvalue weighted by Crippen LogP contribution is 2.45. The summed E-state index contributed by atoms with van der Waals surface area (Å²) in [6.07, 6.45) is -2.25. The number of hydrogen-bond donors (Lipinski definition) is 1. The van der Waals surface area contributed by atoms with Crippen molar-refractivity contribution in [2.24, 2.45) is 5.92 Å². The smallest absolute Gasteiger partial charge is 0.416 e. The standard InChI is InChI=1S/C35H45F4N3O4/c1-33(2,3)42-21-29(25-5-8-27(46-4)9-6-25)34(36,22-42)32(45)41-17-13-24(14-18-41)28-10-7-26(35(37,38)39)20-30(28)40-15-11-23(12-16-40)19-31(43)44/h5-10,20,23-24,29H,11-19,21-22H2,1-4H3,(H,43,44)/t29-,34-/m0/s1. The highest BCUT2D eigenvalue weighted by molar-refractivity contribution is 5.87. The number of ether oxygens (including phenoxy) is 1. The topological polar surface area (TPSA) is 73.3 Å². The summed E-state index contributed by atoms with van der Waals surface area (Å²) in [6, 6.07) is 11.1. The number of piperidine rings is 2. The van der Waals surface area contributed by atoms with E-state index in [2.05, 4.69) is 0 Å². The summed E-state index contributed by atoms with van der Waals surface area (Å²) in [4.78, 5) is 30.8. The van der Waals surface area contributed by atoms with Gasteiger partial charge in [0.05, 0.1) is 12.7 Å². The summed E-state index contributed by atoms with van der Waals surface area (Å²) >= 11 is 0. The van der Waals surface area contributed by atoms with Gasteiger partial charge < -0.3 is 19.6 Å². The maximum atomic E-state index is 17.2. The number of anilines is 1. The van der Waals surface area contributed by atoms with E-state index in [1.165, 1.54) is 6.07 Å². The maximum absolute atomic E-state index is 17.2. The van der Waals surface area contributed by atoms with Gasteiger partial charge in [0.15, 0.2) is 0 Å². The quantitative estimate of drug-likeness (QED) is 0.337. The number of nitrogens with zero attached hydrogens (tertiary/aromatic N) is 3. The number of carboxylic acids is 1. The molecular formula is C35H45F4N3O4. The minimum absolute atomic E-state index is 0.00296. The van der Waals surface area contributed by atoms with Gasteiger partial charge >= 0.3 is 12.1 Å². The lowest BCUT2D eigenvalue weighted by Gasteiger charge is -2.40. The van der Waals surface area contributed by atoms with Gasteiger partial charge in [-0.2, -0.15) is 13.2 Å². The molecule has 46 heavy (non-hydrogen) atoms. The molecule has 0 aliphatic carbocycles. The number of alkyl halides is 4. The number of hydrogen-bond acceptors (Lipinski definition) is 5. The highest BCUT2D eigenvalue weighted by Gasteiger charge is 2.57. The summed E-state index contributed by atoms with van der Waals surface area (Å²) in [6.45, 7) is 7.97. The van der Waals surface area contributed by atoms with E-state index in [-0.39, 0.29) is 30.3 Å². The Kier molecular flexibility index (Phi) is 9.64. The Morgan fingerprint density at radius 1 is 0.957 bits per heavy atom. The first-order chi connectivity index (χ1) is 21.6. The van der Waals surface area contributed by atoms with Crippen LogP contribution in [-0.4, -0.2) is 84.4 Å². The largest absolute Gasteiger partial charge is 0.497 e. The molecule has 0 saturated carbocycles. The van der Waals surface area contributed by atoms with Crippen LogP contribution in [-0.2, 0) is 15.8 Å². The Balaban J connectivity index is 1.34. The first-order valence-corrected chi connectivity index (χ1v) is 16.2. The van der Waals surface area contributed by atoms with Crippen molar-refractivity contribution in [1.82, 2.24) is 9.80 Å². The van der Waals surface area contributed by atoms with Gasteiger partial charge in [-0.3, -0.25) is 14.5 Å². The first kappa shape index (κ1) is 34.0. The molecular weight excluding hydrogens is 602 g/mol. The molecule has 3 fully saturated rings. The first-order valence-electron chi connectivity index (χ1n) is 16.2. The molecule has 2 aromatic rings. The van der Waals surface area contributed by atoms with Crippen molar-refractivity contribution in [2.75, 3.05) is 51.3 Å². The van der Waals surface area contributed by atoms with Crippen molar-refractivity contribution in [3.63, 3.8) is 0 Å². The van der Waals surface area contributed by atoms with E-state index in [0.717, 1.165) is 17.2 Å². The molecule has 252 valence electrons. The molecule has 3 saturated heterocycles. The van der Waals surface area contributed by atoms with Crippen molar-refractivity contribution >= 4 is 17.6 Å². The zero-order valence-corrected chi connectivity index (χ0v) is 27.1. The maximum Gasteiger partial charge on any atom is 0.416 e. The molecule has 1 N–H and O–H groups in total. The molecule has 2 aromatic carbocycles. The molecule has 3 heterocycles. The van der Waals surface area contributed by atoms with Crippen molar-refractivity contribution in [3.8, 4) is 5.75 Å². The van der Waals surface area contributed by atoms with Crippen LogP contribution in [0.25, 0.3) is 0 Å². The van der Waals surface area contributed by atoms with Crippen LogP contribution in [0.15, 0.2) is 42.5 Å². The Morgan fingerprint density at radius 3 is 2.13 bits per heavy atom. The van der Waals surface area contributed by atoms with Gasteiger partial charge in [0.1, 0.15) is 5.75 Å². The van der Waals surface area contributed by atoms with Gasteiger partial charge in [-0.1, -0.05) is 18.2 Å². The van der Waals surface area contributed by atoms with Crippen LogP contribution in [0.3, 0.4) is 0 Å². The fraction of sp³-hybridized carbons (Fsp3) is 0.600. The van der Waals surface area contributed by atoms with E-state index in [1.54, 1.807) is 30.2 Å². The van der Waals surface area contributed by atoms with E-state index in [1.807, 2.05) is 42.7 Å². The van der Waals surface area contributed by atoms with Crippen molar-refractivity contribution in [2.45, 2.75) is 82.1 Å². The fourth-order valence-corrected chi connectivity index (χ4v) is 7.37. The SMILES string of the molecule is COc1ccc([C@@H]2CN(C(C)(C)C)C[C@@]2(F)C(=O)N2CCC(c3ccc(C(F)(F)F)cc3N3CCC(CC(=O)O)CC3)CC2)cc1. The lowest BCUT2D eigenvalue weighted by molar-refractivity contribution is -0.145. The third kappa shape index (κ3) is 7.14. The molecule has 0 bridgehead atoms. The molecule has 3 aliphatic rings. The number of halogens is 4. The van der Waals surface area contributed by atoms with Crippen LogP contribution < -0.4 is 9.64 Å². The summed E-state index contributed by atoms with van der Waals surface area (Å²) in [5.41, 5.74) is -1.14. The molecule has 0 aromatic heterocycles. The number of aliphatic carboxylic acids is 1. The second-order valence-corrected chi connectivity index (χ2v) is 14.1. The Bertz CT molecular complexity index is 1390. The van der Waals surface area contributed by atoms with E-state index in [9.17, 15) is 27.9 Å². The predicted octanol–water partition coefficient (Wildman–Crippen LogP) is 6.72. The van der Waals surface area contributed by atoms with E-state index < -0.39 is 35.2 Å². The summed E-state index contributed by atoms with van der Waals surface area (Å²) in [5.74, 6) is -1.51. The molecule has 0 unspecified atom stereocenters. The van der Waals surface area contributed by atoms with Gasteiger partial charge in [0.25, 0.3) is 5.91 Å². The molecule has 0 radical (unpaired) electrons. The van der Waals surface area contributed by atoms with Gasteiger partial charge in [-0.15, -0.1) is 0 Å². The molecule has 3 aliphatic heterocycles. The van der Waals surface area contributed by atoms with Crippen molar-refractivity contribution in [1.29, 1.82) is 0 Å². The number of carbonyl (C=O) groups excluding carboxylic acids is 1. The Labute approximate surface area is 268 Å². The van der Waals surface area contributed by atoms with Crippen LogP contribution in [0.2, 0.25) is 0 Å². The zero-order valence-electron chi connectivity index (χ0n) is 27.1. The summed E-state index contributed by atoms with van der Waals surface area (Å²) in [5, 5.41) is 9.18. The number of carboxylic acid groups (broad SMARTS) is 1. The molecule has 11 heteroatoms. The minimum Gasteiger partial charge on any atom is -0.497 e. The number of likely N-dealkylation sites (tertiary alicyclic amines) is 2. The highest BCUT2D eigenvalue weighted by atomic mass is 19.4. The second-order valence-electron chi connectivity index (χ2n) is 14.1. The number of carbonyl (C=O) groups is 2. The lowest BCUT2D eigenvalue weighted by Crippen LogP contribution is -2.53. The fourth-order valence-electron chi connectivity index (χ4n) is 7.37. The Hall–Kier alpha value is -3.34. The predicted molar refractivity (Wildman–Crippen MR) is 168 cm³/mol. The number of amides is 1. The third-order valence-electron chi connectivity index (χ3n) is 10.2. The zero-order chi connectivity index (χ0) is 33.4. The van der Waals surface area contributed by atoms with Crippen LogP contribution in [0.5, 0.6) is 5.75 Å². The van der Waals surface area contributed by atoms with Crippen LogP contribution >= 0.6 is 0 Å². The number of methoxy groups -OCH3 is 1. The minimum atomic E-state index is -4.50. The van der Waals surface area contributed by atoms with E-state index in [4.69, 9.17) is 4.74 Å². The van der Waals surface area contributed by atoms with Crippen molar-refractivity contribution in [3.05, 3.63) is 59.2 Å². The van der Waals surface area contributed by atoms with Crippen LogP contribution in [0.1, 0.15) is 81.4 Å². The number of rotatable bonds is 7. The molecule has 7 nitrogen and oxygen atoms in total. The van der Waals surface area contributed by atoms with Crippen molar-refractivity contribution < 1.29 is 37.0 Å². The monoisotopic (exact) mass is 647 g/mol. The molecule has 1 amide bonds. The summed E-state index contributed by atoms with van der Waals surface area (Å²) in [7, 11) is 1.57. The second kappa shape index (κ2) is 13.0. The van der Waals surface area contributed by atoms with Gasteiger partial charge in [-0.05, 0) is 93.7 Å². The molecule has 5 rings (SSSR count). The van der Waals surface area contributed by atoms with Crippen LogP contribution in [0.4, 0.5) is 23.2 Å². The average molecular weight is 648 g/mol. The summed E-state index contributed by atoms with van der Waals surface area (Å²) < 4.78 is 63.7. The Morgan fingerprint density at radius 2 is 1.59 bits per heavy atom. The normalized spacial score (nSPS) is 24.0. The van der Waals surface area contributed by atoms with Crippen LogP contribution in [0, 0.1) is 5.92 Å². The lowest BCUT2D eigenvalue weighted by atomic mass is 9.83. The molecule has 2 atom stereocenters. The molecule has 0 spiro atoms. The van der Waals surface area contributed by atoms with E-state index >= 15 is 4.39 Å². The van der Waals surface area contributed by atoms with Gasteiger partial charge in [0.2, 0.25) is 5.67 Å². The van der Waals surface area contributed by atoms with E-state index in [0.29, 0.717) is 69.8 Å². The van der Waals surface area contributed by atoms with Gasteiger partial charge in [-0.25, -0.2) is 4.39 Å². The third-order valence-corrected chi connectivity index (χ3v) is 10.2. The van der Waals surface area contributed by atoms with Gasteiger partial charge in [0, 0.05) is 62.8 Å². The average Bonchev–Trinajstić information content (AvgIpc) is 3.39. The number of benzene rings is 2.